The zero-order valence-corrected chi connectivity index (χ0v) is 11.5. The number of benzene rings is 2. The van der Waals surface area contributed by atoms with Gasteiger partial charge in [0.2, 0.25) is 0 Å². The highest BCUT2D eigenvalue weighted by Gasteiger charge is 2.02. The van der Waals surface area contributed by atoms with Gasteiger partial charge in [-0.3, -0.25) is 0 Å². The highest BCUT2D eigenvalue weighted by Crippen LogP contribution is 2.28. The zero-order valence-electron chi connectivity index (χ0n) is 11.5. The quantitative estimate of drug-likeness (QED) is 0.878. The number of aryl methyl sites for hydroxylation is 2. The maximum atomic E-state index is 9.70. The average molecular weight is 257 g/mol. The Hall–Kier alpha value is -2.16. The summed E-state index contributed by atoms with van der Waals surface area (Å²) in [5.41, 5.74) is 4.68. The Morgan fingerprint density at radius 2 is 1.84 bits per heavy atom. The van der Waals surface area contributed by atoms with Crippen LogP contribution in [0.1, 0.15) is 16.7 Å². The molecular weight excluding hydrogens is 238 g/mol. The van der Waals surface area contributed by atoms with Crippen molar-refractivity contribution in [2.24, 2.45) is 0 Å². The highest BCUT2D eigenvalue weighted by atomic mass is 16.5. The van der Waals surface area contributed by atoms with Crippen LogP contribution in [0.4, 0.5) is 5.69 Å². The van der Waals surface area contributed by atoms with Gasteiger partial charge in [0.05, 0.1) is 7.11 Å². The molecule has 0 bridgehead atoms. The van der Waals surface area contributed by atoms with E-state index in [4.69, 9.17) is 4.74 Å². The van der Waals surface area contributed by atoms with Gasteiger partial charge >= 0.3 is 0 Å². The van der Waals surface area contributed by atoms with E-state index in [1.165, 1.54) is 23.8 Å². The van der Waals surface area contributed by atoms with Crippen LogP contribution in [0.15, 0.2) is 36.4 Å². The molecule has 0 amide bonds. The van der Waals surface area contributed by atoms with Crippen LogP contribution in [-0.4, -0.2) is 12.2 Å². The first-order valence-electron chi connectivity index (χ1n) is 6.27. The van der Waals surface area contributed by atoms with Crippen LogP contribution in [-0.2, 0) is 6.54 Å². The molecule has 0 aromatic heterocycles. The van der Waals surface area contributed by atoms with Crippen molar-refractivity contribution < 1.29 is 9.84 Å². The Bertz CT molecular complexity index is 579. The number of rotatable bonds is 4. The van der Waals surface area contributed by atoms with Crippen LogP contribution in [0.2, 0.25) is 0 Å². The van der Waals surface area contributed by atoms with E-state index in [9.17, 15) is 5.11 Å². The minimum Gasteiger partial charge on any atom is -0.504 e. The molecule has 0 spiro atoms. The van der Waals surface area contributed by atoms with Gasteiger partial charge < -0.3 is 15.2 Å². The Morgan fingerprint density at radius 3 is 2.47 bits per heavy atom. The fourth-order valence-corrected chi connectivity index (χ4v) is 1.92. The first-order valence-corrected chi connectivity index (χ1v) is 6.27. The number of aromatic hydroxyl groups is 1. The molecule has 0 aliphatic rings. The van der Waals surface area contributed by atoms with Gasteiger partial charge in [-0.25, -0.2) is 0 Å². The maximum Gasteiger partial charge on any atom is 0.160 e. The fourth-order valence-electron chi connectivity index (χ4n) is 1.92. The fraction of sp³-hybridized carbons (Fsp3) is 0.250. The van der Waals surface area contributed by atoms with Crippen LogP contribution in [0.5, 0.6) is 11.5 Å². The van der Waals surface area contributed by atoms with Gasteiger partial charge in [0.15, 0.2) is 11.5 Å². The van der Waals surface area contributed by atoms with E-state index < -0.39 is 0 Å². The summed E-state index contributed by atoms with van der Waals surface area (Å²) < 4.78 is 5.01. The van der Waals surface area contributed by atoms with Crippen molar-refractivity contribution in [3.8, 4) is 11.5 Å². The van der Waals surface area contributed by atoms with Gasteiger partial charge in [-0.15, -0.1) is 0 Å². The molecule has 0 saturated heterocycles. The molecule has 0 heterocycles. The van der Waals surface area contributed by atoms with E-state index in [2.05, 4.69) is 37.4 Å². The Balaban J connectivity index is 2.05. The lowest BCUT2D eigenvalue weighted by atomic mass is 10.1. The van der Waals surface area contributed by atoms with E-state index in [0.29, 0.717) is 5.75 Å². The third kappa shape index (κ3) is 3.19. The average Bonchev–Trinajstić information content (AvgIpc) is 2.40. The lowest BCUT2D eigenvalue weighted by Crippen LogP contribution is -2.00. The Labute approximate surface area is 113 Å². The smallest absolute Gasteiger partial charge is 0.160 e. The van der Waals surface area contributed by atoms with E-state index in [1.54, 1.807) is 12.1 Å². The lowest BCUT2D eigenvalue weighted by molar-refractivity contribution is 0.373. The molecule has 2 N–H and O–H groups in total. The van der Waals surface area contributed by atoms with E-state index >= 15 is 0 Å². The SMILES string of the molecule is COc1ccc(NCc2ccc(C)c(C)c2)cc1O. The van der Waals surface area contributed by atoms with Gasteiger partial charge in [0.25, 0.3) is 0 Å². The molecule has 0 aliphatic heterocycles. The summed E-state index contributed by atoms with van der Waals surface area (Å²) in [7, 11) is 1.54. The molecule has 2 aromatic carbocycles. The largest absolute Gasteiger partial charge is 0.504 e. The highest BCUT2D eigenvalue weighted by molar-refractivity contribution is 5.54. The molecule has 100 valence electrons. The third-order valence-electron chi connectivity index (χ3n) is 3.25. The van der Waals surface area contributed by atoms with Gasteiger partial charge in [-0.2, -0.15) is 0 Å². The predicted molar refractivity (Wildman–Crippen MR) is 77.9 cm³/mol. The lowest BCUT2D eigenvalue weighted by Gasteiger charge is -2.10. The number of hydrogen-bond acceptors (Lipinski definition) is 3. The van der Waals surface area contributed by atoms with Gasteiger partial charge in [-0.1, -0.05) is 18.2 Å². The number of anilines is 1. The van der Waals surface area contributed by atoms with Crippen molar-refractivity contribution in [3.05, 3.63) is 53.1 Å². The van der Waals surface area contributed by atoms with Crippen LogP contribution in [0, 0.1) is 13.8 Å². The maximum absolute atomic E-state index is 9.70. The minimum atomic E-state index is 0.146. The van der Waals surface area contributed by atoms with Crippen LogP contribution >= 0.6 is 0 Å². The molecule has 2 aromatic rings. The van der Waals surface area contributed by atoms with E-state index in [1.807, 2.05) is 6.07 Å². The molecule has 3 heteroatoms. The second kappa shape index (κ2) is 5.65. The summed E-state index contributed by atoms with van der Waals surface area (Å²) in [5, 5.41) is 13.0. The monoisotopic (exact) mass is 257 g/mol. The second-order valence-corrected chi connectivity index (χ2v) is 4.66. The first kappa shape index (κ1) is 13.3. The molecule has 19 heavy (non-hydrogen) atoms. The summed E-state index contributed by atoms with van der Waals surface area (Å²) in [6.07, 6.45) is 0. The summed E-state index contributed by atoms with van der Waals surface area (Å²) in [5.74, 6) is 0.629. The number of nitrogens with one attached hydrogen (secondary N) is 1. The van der Waals surface area contributed by atoms with Crippen molar-refractivity contribution in [1.82, 2.24) is 0 Å². The Morgan fingerprint density at radius 1 is 1.05 bits per heavy atom. The first-order chi connectivity index (χ1) is 9.10. The van der Waals surface area contributed by atoms with Gasteiger partial charge in [-0.05, 0) is 42.7 Å². The van der Waals surface area contributed by atoms with Gasteiger partial charge in [0, 0.05) is 18.3 Å². The molecule has 3 nitrogen and oxygen atoms in total. The third-order valence-corrected chi connectivity index (χ3v) is 3.25. The standard InChI is InChI=1S/C16H19NO2/c1-11-4-5-13(8-12(11)2)10-17-14-6-7-16(19-3)15(18)9-14/h4-9,17-18H,10H2,1-3H3. The van der Waals surface area contributed by atoms with Crippen molar-refractivity contribution in [3.63, 3.8) is 0 Å². The van der Waals surface area contributed by atoms with Gasteiger partial charge in [0.1, 0.15) is 0 Å². The minimum absolute atomic E-state index is 0.146. The van der Waals surface area contributed by atoms with Crippen molar-refractivity contribution in [2.45, 2.75) is 20.4 Å². The molecule has 0 unspecified atom stereocenters. The summed E-state index contributed by atoms with van der Waals surface area (Å²) in [4.78, 5) is 0. The molecule has 0 aliphatic carbocycles. The number of phenolic OH excluding ortho intramolecular Hbond substituents is 1. The predicted octanol–water partition coefficient (Wildman–Crippen LogP) is 3.63. The van der Waals surface area contributed by atoms with Crippen LogP contribution < -0.4 is 10.1 Å². The van der Waals surface area contributed by atoms with E-state index in [-0.39, 0.29) is 5.75 Å². The topological polar surface area (TPSA) is 41.5 Å². The molecule has 2 rings (SSSR count). The van der Waals surface area contributed by atoms with Crippen molar-refractivity contribution in [2.75, 3.05) is 12.4 Å². The van der Waals surface area contributed by atoms with Crippen molar-refractivity contribution >= 4 is 5.69 Å². The van der Waals surface area contributed by atoms with E-state index in [0.717, 1.165) is 12.2 Å². The molecule has 0 fully saturated rings. The Kier molecular flexibility index (Phi) is 3.95. The van der Waals surface area contributed by atoms with Crippen LogP contribution in [0.3, 0.4) is 0 Å². The zero-order chi connectivity index (χ0) is 13.8. The summed E-state index contributed by atoms with van der Waals surface area (Å²) in [6, 6.07) is 11.7. The van der Waals surface area contributed by atoms with Crippen molar-refractivity contribution in [1.29, 1.82) is 0 Å². The molecule has 0 saturated carbocycles. The number of phenols is 1. The van der Waals surface area contributed by atoms with Crippen LogP contribution in [0.25, 0.3) is 0 Å². The number of hydrogen-bond donors (Lipinski definition) is 2. The normalized spacial score (nSPS) is 10.3. The number of methoxy groups -OCH3 is 1. The number of ether oxygens (including phenoxy) is 1. The second-order valence-electron chi connectivity index (χ2n) is 4.66. The molecular formula is C16H19NO2. The molecule has 0 radical (unpaired) electrons. The summed E-state index contributed by atoms with van der Waals surface area (Å²) in [6.45, 7) is 4.94. The summed E-state index contributed by atoms with van der Waals surface area (Å²) >= 11 is 0. The molecule has 0 atom stereocenters.